The number of methoxy groups -OCH3 is 2. The maximum atomic E-state index is 12.5. The monoisotopic (exact) mass is 358 g/mol. The fraction of sp³-hybridized carbons (Fsp3) is 0.500. The molecule has 0 saturated heterocycles. The molecule has 140 valence electrons. The van der Waals surface area contributed by atoms with Crippen molar-refractivity contribution in [2.45, 2.75) is 51.7 Å². The van der Waals surface area contributed by atoms with E-state index in [9.17, 15) is 4.79 Å². The lowest BCUT2D eigenvalue weighted by Crippen LogP contribution is -2.25. The first kappa shape index (κ1) is 18.3. The molecule has 1 saturated carbocycles. The van der Waals surface area contributed by atoms with Crippen LogP contribution < -0.4 is 9.47 Å². The Kier molecular flexibility index (Phi) is 4.94. The average molecular weight is 358 g/mol. The standard InChI is InChI=1S/C20H26N2O4/c1-20(2,3)22-16(14-7-8-14)11-15(21-22)19(23)26-12-13-6-9-17(24-4)18(10-13)25-5/h6,9-11,14H,7-8,12H2,1-5H3. The van der Waals surface area contributed by atoms with E-state index in [1.54, 1.807) is 26.4 Å². The smallest absolute Gasteiger partial charge is 0.359 e. The molecule has 1 aromatic heterocycles. The number of aromatic nitrogens is 2. The van der Waals surface area contributed by atoms with Crippen LogP contribution in [0, 0.1) is 0 Å². The Balaban J connectivity index is 1.73. The Morgan fingerprint density at radius 3 is 2.42 bits per heavy atom. The van der Waals surface area contributed by atoms with Gasteiger partial charge in [-0.15, -0.1) is 0 Å². The number of esters is 1. The molecule has 0 atom stereocenters. The van der Waals surface area contributed by atoms with E-state index in [0.717, 1.165) is 24.1 Å². The SMILES string of the molecule is COc1ccc(COC(=O)c2cc(C3CC3)n(C(C)(C)C)n2)cc1OC. The van der Waals surface area contributed by atoms with Crippen molar-refractivity contribution in [3.8, 4) is 11.5 Å². The van der Waals surface area contributed by atoms with Crippen LogP contribution in [0.4, 0.5) is 0 Å². The van der Waals surface area contributed by atoms with Crippen LogP contribution in [0.15, 0.2) is 24.3 Å². The molecule has 26 heavy (non-hydrogen) atoms. The van der Waals surface area contributed by atoms with Gasteiger partial charge in [-0.3, -0.25) is 4.68 Å². The maximum absolute atomic E-state index is 12.5. The number of carbonyl (C=O) groups is 1. The highest BCUT2D eigenvalue weighted by Gasteiger charge is 2.32. The Hall–Kier alpha value is -2.50. The quantitative estimate of drug-likeness (QED) is 0.733. The van der Waals surface area contributed by atoms with Crippen molar-refractivity contribution >= 4 is 5.97 Å². The molecule has 1 fully saturated rings. The first-order valence-electron chi connectivity index (χ1n) is 8.82. The van der Waals surface area contributed by atoms with Gasteiger partial charge in [0.15, 0.2) is 17.2 Å². The number of hydrogen-bond donors (Lipinski definition) is 0. The van der Waals surface area contributed by atoms with Crippen LogP contribution >= 0.6 is 0 Å². The summed E-state index contributed by atoms with van der Waals surface area (Å²) < 4.78 is 17.9. The normalized spacial score (nSPS) is 14.2. The van der Waals surface area contributed by atoms with E-state index in [4.69, 9.17) is 14.2 Å². The van der Waals surface area contributed by atoms with E-state index in [-0.39, 0.29) is 12.1 Å². The van der Waals surface area contributed by atoms with Crippen molar-refractivity contribution in [2.75, 3.05) is 14.2 Å². The lowest BCUT2D eigenvalue weighted by Gasteiger charge is -2.22. The van der Waals surface area contributed by atoms with Crippen LogP contribution in [-0.4, -0.2) is 30.0 Å². The zero-order valence-electron chi connectivity index (χ0n) is 16.0. The number of carbonyl (C=O) groups excluding carboxylic acids is 1. The van der Waals surface area contributed by atoms with Gasteiger partial charge < -0.3 is 14.2 Å². The van der Waals surface area contributed by atoms with E-state index in [1.807, 2.05) is 16.8 Å². The average Bonchev–Trinajstić information content (AvgIpc) is 3.36. The van der Waals surface area contributed by atoms with Crippen molar-refractivity contribution < 1.29 is 19.0 Å². The van der Waals surface area contributed by atoms with E-state index in [1.165, 1.54) is 0 Å². The molecular weight excluding hydrogens is 332 g/mol. The minimum absolute atomic E-state index is 0.153. The second-order valence-corrected chi connectivity index (χ2v) is 7.58. The van der Waals surface area contributed by atoms with Gasteiger partial charge in [0.05, 0.1) is 19.8 Å². The van der Waals surface area contributed by atoms with Crippen LogP contribution in [0.1, 0.15) is 61.3 Å². The molecule has 3 rings (SSSR count). The van der Waals surface area contributed by atoms with Gasteiger partial charge in [-0.05, 0) is 57.4 Å². The maximum Gasteiger partial charge on any atom is 0.359 e. The minimum Gasteiger partial charge on any atom is -0.493 e. The largest absolute Gasteiger partial charge is 0.493 e. The van der Waals surface area contributed by atoms with Gasteiger partial charge in [0, 0.05) is 11.6 Å². The van der Waals surface area contributed by atoms with Crippen molar-refractivity contribution in [1.29, 1.82) is 0 Å². The summed E-state index contributed by atoms with van der Waals surface area (Å²) in [5.74, 6) is 1.34. The fourth-order valence-corrected chi connectivity index (χ4v) is 2.90. The third kappa shape index (κ3) is 3.84. The lowest BCUT2D eigenvalue weighted by molar-refractivity contribution is 0.0463. The summed E-state index contributed by atoms with van der Waals surface area (Å²) in [6.07, 6.45) is 2.31. The molecule has 0 amide bonds. The van der Waals surface area contributed by atoms with E-state index in [0.29, 0.717) is 23.1 Å². The molecule has 1 heterocycles. The molecule has 1 aliphatic rings. The molecule has 0 spiro atoms. The second kappa shape index (κ2) is 7.02. The molecule has 0 N–H and O–H groups in total. The van der Waals surface area contributed by atoms with Crippen molar-refractivity contribution in [3.63, 3.8) is 0 Å². The number of benzene rings is 1. The summed E-state index contributed by atoms with van der Waals surface area (Å²) >= 11 is 0. The molecule has 6 heteroatoms. The minimum atomic E-state index is -0.412. The molecule has 0 unspecified atom stereocenters. The molecule has 1 aromatic carbocycles. The molecule has 0 radical (unpaired) electrons. The summed E-state index contributed by atoms with van der Waals surface area (Å²) in [5.41, 5.74) is 2.14. The number of rotatable bonds is 6. The molecule has 6 nitrogen and oxygen atoms in total. The van der Waals surface area contributed by atoms with E-state index >= 15 is 0 Å². The molecule has 1 aliphatic carbocycles. The van der Waals surface area contributed by atoms with Gasteiger partial charge in [-0.2, -0.15) is 5.10 Å². The van der Waals surface area contributed by atoms with Gasteiger partial charge in [-0.25, -0.2) is 4.79 Å². The highest BCUT2D eigenvalue weighted by Crippen LogP contribution is 2.41. The predicted octanol–water partition coefficient (Wildman–Crippen LogP) is 3.89. The Morgan fingerprint density at radius 2 is 1.85 bits per heavy atom. The summed E-state index contributed by atoms with van der Waals surface area (Å²) in [5, 5.41) is 4.51. The van der Waals surface area contributed by atoms with Crippen molar-refractivity contribution in [1.82, 2.24) is 9.78 Å². The summed E-state index contributed by atoms with van der Waals surface area (Å²) in [6.45, 7) is 6.42. The highest BCUT2D eigenvalue weighted by atomic mass is 16.5. The number of hydrogen-bond acceptors (Lipinski definition) is 5. The zero-order chi connectivity index (χ0) is 18.9. The highest BCUT2D eigenvalue weighted by molar-refractivity contribution is 5.87. The molecular formula is C20H26N2O4. The van der Waals surface area contributed by atoms with Crippen molar-refractivity contribution in [3.05, 3.63) is 41.2 Å². The second-order valence-electron chi connectivity index (χ2n) is 7.58. The van der Waals surface area contributed by atoms with Crippen LogP contribution in [0.3, 0.4) is 0 Å². The molecule has 0 aliphatic heterocycles. The number of nitrogens with zero attached hydrogens (tertiary/aromatic N) is 2. The number of ether oxygens (including phenoxy) is 3. The van der Waals surface area contributed by atoms with Gasteiger partial charge in [0.2, 0.25) is 0 Å². The third-order valence-corrected chi connectivity index (χ3v) is 4.39. The Labute approximate surface area is 154 Å². The fourth-order valence-electron chi connectivity index (χ4n) is 2.90. The summed E-state index contributed by atoms with van der Waals surface area (Å²) in [7, 11) is 3.16. The van der Waals surface area contributed by atoms with Crippen LogP contribution in [0.2, 0.25) is 0 Å². The predicted molar refractivity (Wildman–Crippen MR) is 97.9 cm³/mol. The van der Waals surface area contributed by atoms with Gasteiger partial charge in [0.1, 0.15) is 6.61 Å². The first-order valence-corrected chi connectivity index (χ1v) is 8.82. The van der Waals surface area contributed by atoms with Crippen LogP contribution in [-0.2, 0) is 16.9 Å². The zero-order valence-corrected chi connectivity index (χ0v) is 16.0. The van der Waals surface area contributed by atoms with Gasteiger partial charge in [-0.1, -0.05) is 6.07 Å². The summed E-state index contributed by atoms with van der Waals surface area (Å²) in [4.78, 5) is 12.5. The topological polar surface area (TPSA) is 62.6 Å². The Bertz CT molecular complexity index is 801. The van der Waals surface area contributed by atoms with Crippen LogP contribution in [0.25, 0.3) is 0 Å². The molecule has 0 bridgehead atoms. The van der Waals surface area contributed by atoms with Crippen LogP contribution in [0.5, 0.6) is 11.5 Å². The Morgan fingerprint density at radius 1 is 1.15 bits per heavy atom. The molecule has 2 aromatic rings. The summed E-state index contributed by atoms with van der Waals surface area (Å²) in [6, 6.07) is 7.31. The van der Waals surface area contributed by atoms with E-state index < -0.39 is 5.97 Å². The van der Waals surface area contributed by atoms with Gasteiger partial charge in [0.25, 0.3) is 0 Å². The van der Waals surface area contributed by atoms with Crippen molar-refractivity contribution in [2.24, 2.45) is 0 Å². The van der Waals surface area contributed by atoms with Gasteiger partial charge >= 0.3 is 5.97 Å². The lowest BCUT2D eigenvalue weighted by atomic mass is 10.1. The van der Waals surface area contributed by atoms with E-state index in [2.05, 4.69) is 25.9 Å². The first-order chi connectivity index (χ1) is 12.3. The third-order valence-electron chi connectivity index (χ3n) is 4.39.